The number of hydrogen-bond donors (Lipinski definition) is 1. The maximum absolute atomic E-state index is 12.5. The number of halogens is 3. The Morgan fingerprint density at radius 2 is 1.52 bits per heavy atom. The van der Waals surface area contributed by atoms with Gasteiger partial charge in [-0.3, -0.25) is 0 Å². The third kappa shape index (κ3) is 4.08. The van der Waals surface area contributed by atoms with Crippen molar-refractivity contribution in [3.63, 3.8) is 0 Å². The second kappa shape index (κ2) is 6.31. The van der Waals surface area contributed by atoms with Crippen LogP contribution in [0.15, 0.2) is 54.6 Å². The van der Waals surface area contributed by atoms with E-state index in [-0.39, 0.29) is 12.0 Å². The number of nitrogens with two attached hydrogens (primary N) is 1. The molecule has 0 fully saturated rings. The average molecular weight is 293 g/mol. The van der Waals surface area contributed by atoms with Crippen molar-refractivity contribution in [2.24, 2.45) is 5.73 Å². The van der Waals surface area contributed by atoms with Gasteiger partial charge in [-0.1, -0.05) is 49.4 Å². The van der Waals surface area contributed by atoms with Crippen LogP contribution in [0.2, 0.25) is 0 Å². The highest BCUT2D eigenvalue weighted by Gasteiger charge is 2.30. The Bertz CT molecular complexity index is 561. The summed E-state index contributed by atoms with van der Waals surface area (Å²) in [5.74, 6) is 0.147. The third-order valence-corrected chi connectivity index (χ3v) is 3.72. The van der Waals surface area contributed by atoms with Gasteiger partial charge in [-0.05, 0) is 35.6 Å². The largest absolute Gasteiger partial charge is 0.416 e. The first-order chi connectivity index (χ1) is 9.88. The first kappa shape index (κ1) is 15.6. The number of benzene rings is 2. The minimum absolute atomic E-state index is 0.135. The molecule has 0 aromatic heterocycles. The van der Waals surface area contributed by atoms with Crippen molar-refractivity contribution in [1.82, 2.24) is 0 Å². The molecule has 0 heterocycles. The maximum Gasteiger partial charge on any atom is 0.416 e. The van der Waals surface area contributed by atoms with Crippen molar-refractivity contribution in [2.75, 3.05) is 0 Å². The Kier molecular flexibility index (Phi) is 4.68. The van der Waals surface area contributed by atoms with Crippen LogP contribution < -0.4 is 5.73 Å². The van der Waals surface area contributed by atoms with Crippen LogP contribution in [0, 0.1) is 0 Å². The maximum atomic E-state index is 12.5. The van der Waals surface area contributed by atoms with Crippen LogP contribution in [0.4, 0.5) is 13.2 Å². The van der Waals surface area contributed by atoms with E-state index >= 15 is 0 Å². The molecule has 4 heteroatoms. The molecule has 2 atom stereocenters. The first-order valence-corrected chi connectivity index (χ1v) is 6.84. The van der Waals surface area contributed by atoms with E-state index in [1.165, 1.54) is 12.1 Å². The Labute approximate surface area is 122 Å². The summed E-state index contributed by atoms with van der Waals surface area (Å²) in [6.45, 7) is 2.03. The molecule has 1 nitrogen and oxygen atoms in total. The Morgan fingerprint density at radius 3 is 2.05 bits per heavy atom. The summed E-state index contributed by atoms with van der Waals surface area (Å²) in [6.07, 6.45) is -3.74. The summed E-state index contributed by atoms with van der Waals surface area (Å²) in [4.78, 5) is 0. The summed E-state index contributed by atoms with van der Waals surface area (Å²) in [5, 5.41) is 0. The van der Waals surface area contributed by atoms with Crippen molar-refractivity contribution in [3.05, 3.63) is 71.3 Å². The van der Waals surface area contributed by atoms with Crippen LogP contribution in [0.3, 0.4) is 0 Å². The molecule has 2 N–H and O–H groups in total. The SMILES string of the molecule is CC(c1ccccc1)C(N)Cc1ccc(C(F)(F)F)cc1. The summed E-state index contributed by atoms with van der Waals surface area (Å²) in [7, 11) is 0. The lowest BCUT2D eigenvalue weighted by atomic mass is 9.89. The molecule has 0 spiro atoms. The average Bonchev–Trinajstić information content (AvgIpc) is 2.47. The van der Waals surface area contributed by atoms with Gasteiger partial charge in [-0.25, -0.2) is 0 Å². The van der Waals surface area contributed by atoms with Gasteiger partial charge in [0.05, 0.1) is 5.56 Å². The molecule has 0 radical (unpaired) electrons. The van der Waals surface area contributed by atoms with Crippen LogP contribution in [-0.4, -0.2) is 6.04 Å². The Morgan fingerprint density at radius 1 is 0.952 bits per heavy atom. The summed E-state index contributed by atoms with van der Waals surface area (Å²) in [5.41, 5.74) is 7.51. The van der Waals surface area contributed by atoms with E-state index in [2.05, 4.69) is 0 Å². The second-order valence-electron chi connectivity index (χ2n) is 5.26. The van der Waals surface area contributed by atoms with Gasteiger partial charge in [0.25, 0.3) is 0 Å². The molecule has 2 aromatic rings. The van der Waals surface area contributed by atoms with Crippen LogP contribution in [0.25, 0.3) is 0 Å². The van der Waals surface area contributed by atoms with E-state index < -0.39 is 11.7 Å². The standard InChI is InChI=1S/C17H18F3N/c1-12(14-5-3-2-4-6-14)16(21)11-13-7-9-15(10-8-13)17(18,19)20/h2-10,12,16H,11,21H2,1H3. The molecule has 112 valence electrons. The van der Waals surface area contributed by atoms with Crippen molar-refractivity contribution in [1.29, 1.82) is 0 Å². The minimum Gasteiger partial charge on any atom is -0.327 e. The van der Waals surface area contributed by atoms with Crippen molar-refractivity contribution >= 4 is 0 Å². The highest BCUT2D eigenvalue weighted by atomic mass is 19.4. The number of alkyl halides is 3. The third-order valence-electron chi connectivity index (χ3n) is 3.72. The zero-order valence-electron chi connectivity index (χ0n) is 11.8. The predicted octanol–water partition coefficient (Wildman–Crippen LogP) is 4.38. The van der Waals surface area contributed by atoms with E-state index in [1.807, 2.05) is 37.3 Å². The van der Waals surface area contributed by atoms with E-state index in [0.29, 0.717) is 6.42 Å². The van der Waals surface area contributed by atoms with Gasteiger partial charge < -0.3 is 5.73 Å². The fourth-order valence-electron chi connectivity index (χ4n) is 2.28. The van der Waals surface area contributed by atoms with Gasteiger partial charge in [0.1, 0.15) is 0 Å². The summed E-state index contributed by atoms with van der Waals surface area (Å²) >= 11 is 0. The number of hydrogen-bond acceptors (Lipinski definition) is 1. The van der Waals surface area contributed by atoms with Gasteiger partial charge in [-0.2, -0.15) is 13.2 Å². The van der Waals surface area contributed by atoms with Crippen molar-refractivity contribution in [3.8, 4) is 0 Å². The summed E-state index contributed by atoms with van der Waals surface area (Å²) < 4.78 is 37.5. The van der Waals surface area contributed by atoms with Crippen LogP contribution in [-0.2, 0) is 12.6 Å². The molecular formula is C17H18F3N. The fourth-order valence-corrected chi connectivity index (χ4v) is 2.28. The van der Waals surface area contributed by atoms with E-state index in [0.717, 1.165) is 23.3 Å². The molecule has 0 aliphatic heterocycles. The highest BCUT2D eigenvalue weighted by Crippen LogP contribution is 2.29. The normalized spacial score (nSPS) is 14.7. The van der Waals surface area contributed by atoms with Gasteiger partial charge in [-0.15, -0.1) is 0 Å². The lowest BCUT2D eigenvalue weighted by molar-refractivity contribution is -0.137. The Balaban J connectivity index is 2.04. The van der Waals surface area contributed by atoms with Crippen LogP contribution in [0.5, 0.6) is 0 Å². The van der Waals surface area contributed by atoms with Crippen LogP contribution in [0.1, 0.15) is 29.5 Å². The van der Waals surface area contributed by atoms with Crippen molar-refractivity contribution < 1.29 is 13.2 Å². The highest BCUT2D eigenvalue weighted by molar-refractivity contribution is 5.27. The molecule has 2 aromatic carbocycles. The van der Waals surface area contributed by atoms with E-state index in [9.17, 15) is 13.2 Å². The fraction of sp³-hybridized carbons (Fsp3) is 0.294. The van der Waals surface area contributed by atoms with Gasteiger partial charge in [0.15, 0.2) is 0 Å². The second-order valence-corrected chi connectivity index (χ2v) is 5.26. The summed E-state index contributed by atoms with van der Waals surface area (Å²) in [6, 6.07) is 15.0. The zero-order valence-corrected chi connectivity index (χ0v) is 11.8. The predicted molar refractivity (Wildman–Crippen MR) is 78.0 cm³/mol. The van der Waals surface area contributed by atoms with Crippen LogP contribution >= 0.6 is 0 Å². The Hall–Kier alpha value is -1.81. The quantitative estimate of drug-likeness (QED) is 0.889. The molecule has 0 aliphatic rings. The monoisotopic (exact) mass is 293 g/mol. The van der Waals surface area contributed by atoms with E-state index in [1.54, 1.807) is 0 Å². The minimum atomic E-state index is -4.29. The van der Waals surface area contributed by atoms with Gasteiger partial charge in [0, 0.05) is 6.04 Å². The zero-order chi connectivity index (χ0) is 15.5. The van der Waals surface area contributed by atoms with Gasteiger partial charge in [0.2, 0.25) is 0 Å². The molecule has 0 saturated heterocycles. The first-order valence-electron chi connectivity index (χ1n) is 6.84. The molecule has 0 amide bonds. The topological polar surface area (TPSA) is 26.0 Å². The molecule has 0 saturated carbocycles. The molecule has 0 aliphatic carbocycles. The van der Waals surface area contributed by atoms with Crippen molar-refractivity contribution in [2.45, 2.75) is 31.5 Å². The molecular weight excluding hydrogens is 275 g/mol. The number of rotatable bonds is 4. The molecule has 21 heavy (non-hydrogen) atoms. The smallest absolute Gasteiger partial charge is 0.327 e. The molecule has 0 bridgehead atoms. The van der Waals surface area contributed by atoms with Gasteiger partial charge >= 0.3 is 6.18 Å². The molecule has 2 unspecified atom stereocenters. The molecule has 2 rings (SSSR count). The lowest BCUT2D eigenvalue weighted by Gasteiger charge is -2.20. The lowest BCUT2D eigenvalue weighted by Crippen LogP contribution is -2.29. The van der Waals surface area contributed by atoms with E-state index in [4.69, 9.17) is 5.73 Å².